The van der Waals surface area contributed by atoms with E-state index < -0.39 is 5.41 Å². The number of aldehydes is 1. The Labute approximate surface area is 126 Å². The van der Waals surface area contributed by atoms with Gasteiger partial charge in [-0.15, -0.1) is 0 Å². The van der Waals surface area contributed by atoms with Crippen LogP contribution in [0, 0.1) is 45.3 Å². The van der Waals surface area contributed by atoms with Crippen molar-refractivity contribution in [3.05, 3.63) is 24.0 Å². The molecule has 0 heterocycles. The van der Waals surface area contributed by atoms with E-state index in [-0.39, 0.29) is 28.6 Å². The van der Waals surface area contributed by atoms with E-state index >= 15 is 0 Å². The van der Waals surface area contributed by atoms with Gasteiger partial charge in [0.2, 0.25) is 0 Å². The maximum absolute atomic E-state index is 12.2. The number of rotatable bonds is 1. The highest BCUT2D eigenvalue weighted by molar-refractivity contribution is 5.65. The van der Waals surface area contributed by atoms with Crippen molar-refractivity contribution in [3.8, 4) is 6.07 Å². The smallest absolute Gasteiger partial charge is 0.127 e. The molecule has 1 saturated carbocycles. The van der Waals surface area contributed by atoms with Crippen LogP contribution in [-0.4, -0.2) is 11.4 Å². The molecule has 1 N–H and O–H groups in total. The zero-order valence-electron chi connectivity index (χ0n) is 13.0. The third-order valence-corrected chi connectivity index (χ3v) is 6.62. The Morgan fingerprint density at radius 3 is 2.71 bits per heavy atom. The Bertz CT molecular complexity index is 583. The van der Waals surface area contributed by atoms with Gasteiger partial charge in [0.1, 0.15) is 6.29 Å². The predicted molar refractivity (Wildman–Crippen MR) is 80.2 cm³/mol. The Kier molecular flexibility index (Phi) is 2.89. The number of carbonyl (C=O) groups excluding carboxylic acids is 1. The molecular weight excluding hydrogens is 262 g/mol. The summed E-state index contributed by atoms with van der Waals surface area (Å²) in [5, 5.41) is 19.6. The van der Waals surface area contributed by atoms with E-state index in [1.165, 1.54) is 0 Å². The maximum Gasteiger partial charge on any atom is 0.127 e. The zero-order chi connectivity index (χ0) is 15.5. The second-order valence-corrected chi connectivity index (χ2v) is 7.83. The molecule has 3 nitrogen and oxygen atoms in total. The first-order valence-corrected chi connectivity index (χ1v) is 7.76. The van der Waals surface area contributed by atoms with Crippen LogP contribution in [0.5, 0.6) is 0 Å². The number of aliphatic hydroxyl groups is 1. The summed E-state index contributed by atoms with van der Waals surface area (Å²) >= 11 is 0. The van der Waals surface area contributed by atoms with E-state index in [4.69, 9.17) is 0 Å². The van der Waals surface area contributed by atoms with Gasteiger partial charge in [0.25, 0.3) is 0 Å². The molecule has 0 bridgehead atoms. The standard InChI is InChI=1S/C18H23NO2/c1-16(2)14-5-4-13-8-12(10-19)9-18(13,11-20)17(14,3)7-6-15(16)21/h4-6,11-14,21H,7-9H2,1-3H3/t12-,13+,14?,17+,18+/m1/s1. The van der Waals surface area contributed by atoms with Crippen LogP contribution in [-0.2, 0) is 4.79 Å². The normalized spacial score (nSPS) is 47.0. The van der Waals surface area contributed by atoms with Gasteiger partial charge in [-0.3, -0.25) is 0 Å². The van der Waals surface area contributed by atoms with E-state index in [1.807, 2.05) is 19.9 Å². The van der Waals surface area contributed by atoms with Gasteiger partial charge in [0.15, 0.2) is 0 Å². The highest BCUT2D eigenvalue weighted by Gasteiger charge is 2.64. The van der Waals surface area contributed by atoms with Gasteiger partial charge >= 0.3 is 0 Å². The van der Waals surface area contributed by atoms with Gasteiger partial charge in [0.05, 0.1) is 11.8 Å². The van der Waals surface area contributed by atoms with Crippen LogP contribution in [0.2, 0.25) is 0 Å². The number of hydrogen-bond acceptors (Lipinski definition) is 3. The minimum atomic E-state index is -0.471. The molecule has 0 spiro atoms. The molecule has 0 aromatic heterocycles. The zero-order valence-corrected chi connectivity index (χ0v) is 13.0. The monoisotopic (exact) mass is 285 g/mol. The van der Waals surface area contributed by atoms with Crippen LogP contribution in [0.15, 0.2) is 24.0 Å². The largest absolute Gasteiger partial charge is 0.512 e. The molecule has 3 rings (SSSR count). The third kappa shape index (κ3) is 1.56. The Morgan fingerprint density at radius 1 is 1.38 bits per heavy atom. The first-order valence-electron chi connectivity index (χ1n) is 7.76. The molecule has 112 valence electrons. The summed E-state index contributed by atoms with van der Waals surface area (Å²) < 4.78 is 0. The minimum Gasteiger partial charge on any atom is -0.512 e. The van der Waals surface area contributed by atoms with Gasteiger partial charge in [-0.25, -0.2) is 0 Å². The van der Waals surface area contributed by atoms with Crippen molar-refractivity contribution in [1.29, 1.82) is 5.26 Å². The van der Waals surface area contributed by atoms with E-state index in [0.717, 1.165) is 12.7 Å². The molecule has 0 radical (unpaired) electrons. The Morgan fingerprint density at radius 2 is 2.10 bits per heavy atom. The average Bonchev–Trinajstić information content (AvgIpc) is 2.84. The molecule has 0 aliphatic heterocycles. The average molecular weight is 285 g/mol. The lowest BCUT2D eigenvalue weighted by Crippen LogP contribution is -2.55. The topological polar surface area (TPSA) is 61.1 Å². The second-order valence-electron chi connectivity index (χ2n) is 7.83. The Balaban J connectivity index is 2.16. The van der Waals surface area contributed by atoms with Gasteiger partial charge in [0, 0.05) is 16.7 Å². The predicted octanol–water partition coefficient (Wildman–Crippen LogP) is 3.79. The fourth-order valence-electron chi connectivity index (χ4n) is 5.27. The molecule has 0 aromatic carbocycles. The highest BCUT2D eigenvalue weighted by atomic mass is 16.3. The molecule has 0 amide bonds. The number of nitrogens with zero attached hydrogens (tertiary/aromatic N) is 1. The summed E-state index contributed by atoms with van der Waals surface area (Å²) in [4.78, 5) is 12.2. The van der Waals surface area contributed by atoms with E-state index in [1.54, 1.807) is 0 Å². The summed E-state index contributed by atoms with van der Waals surface area (Å²) in [5.41, 5.74) is -1.06. The van der Waals surface area contributed by atoms with Crippen LogP contribution in [0.25, 0.3) is 0 Å². The molecule has 3 heteroatoms. The summed E-state index contributed by atoms with van der Waals surface area (Å²) in [6.45, 7) is 6.26. The lowest BCUT2D eigenvalue weighted by molar-refractivity contribution is -0.135. The molecule has 0 aromatic rings. The van der Waals surface area contributed by atoms with Gasteiger partial charge in [-0.05, 0) is 42.6 Å². The van der Waals surface area contributed by atoms with Gasteiger partial charge in [-0.2, -0.15) is 5.26 Å². The van der Waals surface area contributed by atoms with Crippen LogP contribution < -0.4 is 0 Å². The molecule has 3 aliphatic carbocycles. The third-order valence-electron chi connectivity index (χ3n) is 6.62. The maximum atomic E-state index is 12.2. The molecule has 21 heavy (non-hydrogen) atoms. The summed E-state index contributed by atoms with van der Waals surface area (Å²) in [5.74, 6) is 0.659. The van der Waals surface area contributed by atoms with Crippen molar-refractivity contribution in [3.63, 3.8) is 0 Å². The number of allylic oxidation sites excluding steroid dienone is 4. The minimum absolute atomic E-state index is 0.0389. The quantitative estimate of drug-likeness (QED) is 0.589. The van der Waals surface area contributed by atoms with E-state index in [9.17, 15) is 15.2 Å². The number of carbonyl (C=O) groups is 1. The van der Waals surface area contributed by atoms with Crippen LogP contribution in [0.3, 0.4) is 0 Å². The fraction of sp³-hybridized carbons (Fsp3) is 0.667. The van der Waals surface area contributed by atoms with E-state index in [0.29, 0.717) is 18.6 Å². The highest BCUT2D eigenvalue weighted by Crippen LogP contribution is 2.67. The number of nitriles is 1. The van der Waals surface area contributed by atoms with Crippen LogP contribution in [0.1, 0.15) is 40.0 Å². The lowest BCUT2D eigenvalue weighted by atomic mass is 9.44. The van der Waals surface area contributed by atoms with Crippen LogP contribution >= 0.6 is 0 Å². The summed E-state index contributed by atoms with van der Waals surface area (Å²) in [6, 6.07) is 2.36. The Hall–Kier alpha value is -1.56. The second kappa shape index (κ2) is 4.22. The molecule has 0 saturated heterocycles. The van der Waals surface area contributed by atoms with Crippen molar-refractivity contribution in [2.75, 3.05) is 0 Å². The number of fused-ring (bicyclic) bond motifs is 3. The number of aliphatic hydroxyl groups excluding tert-OH is 1. The fourth-order valence-corrected chi connectivity index (χ4v) is 5.27. The van der Waals surface area contributed by atoms with Gasteiger partial charge < -0.3 is 9.90 Å². The van der Waals surface area contributed by atoms with E-state index in [2.05, 4.69) is 25.1 Å². The van der Waals surface area contributed by atoms with Crippen molar-refractivity contribution in [2.45, 2.75) is 40.0 Å². The summed E-state index contributed by atoms with van der Waals surface area (Å²) in [7, 11) is 0. The van der Waals surface area contributed by atoms with Gasteiger partial charge in [-0.1, -0.05) is 32.9 Å². The molecule has 5 atom stereocenters. The van der Waals surface area contributed by atoms with Crippen molar-refractivity contribution < 1.29 is 9.90 Å². The summed E-state index contributed by atoms with van der Waals surface area (Å²) in [6.07, 6.45) is 9.47. The van der Waals surface area contributed by atoms with Crippen LogP contribution in [0.4, 0.5) is 0 Å². The van der Waals surface area contributed by atoms with Crippen molar-refractivity contribution in [2.24, 2.45) is 34.0 Å². The first kappa shape index (κ1) is 14.4. The molecule has 1 fully saturated rings. The lowest BCUT2D eigenvalue weighted by Gasteiger charge is -2.58. The van der Waals surface area contributed by atoms with Crippen molar-refractivity contribution in [1.82, 2.24) is 0 Å². The molecular formula is C18H23NO2. The first-order chi connectivity index (χ1) is 9.81. The molecule has 1 unspecified atom stereocenters. The number of hydrogen-bond donors (Lipinski definition) is 1. The molecule has 3 aliphatic rings. The van der Waals surface area contributed by atoms with Crippen molar-refractivity contribution >= 4 is 6.29 Å². The SMILES string of the molecule is CC1(C)C(O)=CC[C@@]2(C)C1C=C[C@H]1C[C@@H](C#N)C[C@]12C=O.